The largest absolute Gasteiger partial charge is 0.489 e. The van der Waals surface area contributed by atoms with Gasteiger partial charge in [-0.2, -0.15) is 0 Å². The van der Waals surface area contributed by atoms with Crippen LogP contribution < -0.4 is 10.5 Å². The molecule has 0 radical (unpaired) electrons. The van der Waals surface area contributed by atoms with Crippen LogP contribution in [0.15, 0.2) is 71.3 Å². The molecule has 2 aromatic rings. The molecule has 0 saturated heterocycles. The Morgan fingerprint density at radius 2 is 1.85 bits per heavy atom. The number of carbonyl (C=O) groups is 2. The molecule has 0 spiro atoms. The van der Waals surface area contributed by atoms with Crippen LogP contribution in [0.2, 0.25) is 5.02 Å². The summed E-state index contributed by atoms with van der Waals surface area (Å²) in [5.74, 6) is -0.477. The summed E-state index contributed by atoms with van der Waals surface area (Å²) in [5, 5.41) is 0.595. The Kier molecular flexibility index (Phi) is 6.71. The van der Waals surface area contributed by atoms with Crippen LogP contribution in [0, 0.1) is 5.41 Å². The molecule has 1 heterocycles. The predicted octanol–water partition coefficient (Wildman–Crippen LogP) is 5.41. The van der Waals surface area contributed by atoms with Crippen LogP contribution in [0.1, 0.15) is 50.7 Å². The van der Waals surface area contributed by atoms with Crippen molar-refractivity contribution in [2.24, 2.45) is 11.1 Å². The first-order valence-corrected chi connectivity index (χ1v) is 11.7. The monoisotopic (exact) mass is 481 g/mol. The molecule has 0 unspecified atom stereocenters. The van der Waals surface area contributed by atoms with E-state index < -0.39 is 11.9 Å². The van der Waals surface area contributed by atoms with Crippen molar-refractivity contribution in [3.8, 4) is 5.75 Å². The van der Waals surface area contributed by atoms with Crippen LogP contribution in [-0.4, -0.2) is 18.4 Å². The molecule has 0 saturated carbocycles. The van der Waals surface area contributed by atoms with Crippen molar-refractivity contribution in [3.63, 3.8) is 0 Å². The van der Waals surface area contributed by atoms with Gasteiger partial charge in [0, 0.05) is 34.6 Å². The normalized spacial score (nSPS) is 19.4. The molecule has 4 rings (SSSR count). The second kappa shape index (κ2) is 9.55. The average Bonchev–Trinajstić information content (AvgIpc) is 2.77. The highest BCUT2D eigenvalue weighted by atomic mass is 35.5. The average molecular weight is 482 g/mol. The number of halogens is 1. The SMILES string of the molecule is CCOC(=O)C1=C(N)OC2=C(C(=O)CC(C)(C)C2)[C@@H]1c1ccccc1OCc1ccccc1Cl. The van der Waals surface area contributed by atoms with Crippen LogP contribution in [-0.2, 0) is 25.7 Å². The summed E-state index contributed by atoms with van der Waals surface area (Å²) in [6, 6.07) is 14.7. The Morgan fingerprint density at radius 1 is 1.15 bits per heavy atom. The summed E-state index contributed by atoms with van der Waals surface area (Å²) in [6.07, 6.45) is 0.869. The van der Waals surface area contributed by atoms with Gasteiger partial charge in [0.2, 0.25) is 5.88 Å². The van der Waals surface area contributed by atoms with Crippen molar-refractivity contribution in [2.75, 3.05) is 6.61 Å². The number of benzene rings is 2. The van der Waals surface area contributed by atoms with Crippen molar-refractivity contribution >= 4 is 23.4 Å². The molecule has 2 N–H and O–H groups in total. The van der Waals surface area contributed by atoms with Crippen molar-refractivity contribution in [2.45, 2.75) is 46.1 Å². The molecule has 7 heteroatoms. The minimum Gasteiger partial charge on any atom is -0.489 e. The molecule has 34 heavy (non-hydrogen) atoms. The molecule has 1 aliphatic heterocycles. The molecule has 6 nitrogen and oxygen atoms in total. The van der Waals surface area contributed by atoms with E-state index in [4.69, 9.17) is 31.5 Å². The Hall–Kier alpha value is -3.25. The second-order valence-corrected chi connectivity index (χ2v) is 9.64. The number of ether oxygens (including phenoxy) is 3. The summed E-state index contributed by atoms with van der Waals surface area (Å²) in [6.45, 7) is 6.12. The van der Waals surface area contributed by atoms with Gasteiger partial charge >= 0.3 is 5.97 Å². The van der Waals surface area contributed by atoms with E-state index in [2.05, 4.69) is 0 Å². The van der Waals surface area contributed by atoms with Gasteiger partial charge < -0.3 is 19.9 Å². The molecular weight excluding hydrogens is 454 g/mol. The van der Waals surface area contributed by atoms with E-state index in [1.807, 2.05) is 50.2 Å². The lowest BCUT2D eigenvalue weighted by Gasteiger charge is -2.38. The molecule has 178 valence electrons. The Balaban J connectivity index is 1.81. The van der Waals surface area contributed by atoms with Crippen molar-refractivity contribution < 1.29 is 23.8 Å². The zero-order valence-corrected chi connectivity index (χ0v) is 20.3. The van der Waals surface area contributed by atoms with Crippen LogP contribution in [0.3, 0.4) is 0 Å². The highest BCUT2D eigenvalue weighted by Crippen LogP contribution is 2.50. The third kappa shape index (κ3) is 4.68. The Labute approximate surface area is 204 Å². The van der Waals surface area contributed by atoms with Gasteiger partial charge in [0.25, 0.3) is 0 Å². The number of rotatable bonds is 6. The standard InChI is InChI=1S/C27H28ClNO5/c1-4-32-26(31)24-22(23-19(30)13-27(2,3)14-21(23)34-25(24)29)17-10-6-8-12-20(17)33-15-16-9-5-7-11-18(16)28/h5-12,22H,4,13-15,29H2,1-3H3/t22-/m0/s1. The number of nitrogens with two attached hydrogens (primary N) is 1. The summed E-state index contributed by atoms with van der Waals surface area (Å²) in [4.78, 5) is 26.4. The number of hydrogen-bond acceptors (Lipinski definition) is 6. The lowest BCUT2D eigenvalue weighted by Crippen LogP contribution is -2.35. The van der Waals surface area contributed by atoms with Gasteiger partial charge in [-0.15, -0.1) is 0 Å². The first-order chi connectivity index (χ1) is 16.2. The zero-order chi connectivity index (χ0) is 24.5. The Bertz CT molecular complexity index is 1200. The molecule has 0 bridgehead atoms. The smallest absolute Gasteiger partial charge is 0.340 e. The van der Waals surface area contributed by atoms with E-state index in [1.165, 1.54) is 0 Å². The van der Waals surface area contributed by atoms with Crippen LogP contribution in [0.5, 0.6) is 5.75 Å². The summed E-state index contributed by atoms with van der Waals surface area (Å²) < 4.78 is 17.3. The van der Waals surface area contributed by atoms with Gasteiger partial charge in [0.15, 0.2) is 5.78 Å². The fourth-order valence-electron chi connectivity index (χ4n) is 4.52. The highest BCUT2D eigenvalue weighted by Gasteiger charge is 2.45. The Morgan fingerprint density at radius 3 is 2.59 bits per heavy atom. The van der Waals surface area contributed by atoms with Crippen molar-refractivity contribution in [3.05, 3.63) is 87.5 Å². The van der Waals surface area contributed by atoms with Gasteiger partial charge in [0.1, 0.15) is 23.7 Å². The third-order valence-electron chi connectivity index (χ3n) is 6.02. The maximum Gasteiger partial charge on any atom is 0.340 e. The molecule has 2 aliphatic rings. The summed E-state index contributed by atoms with van der Waals surface area (Å²) in [5.41, 5.74) is 8.00. The van der Waals surface area contributed by atoms with Crippen molar-refractivity contribution in [1.29, 1.82) is 0 Å². The quantitative estimate of drug-likeness (QED) is 0.555. The first kappa shape index (κ1) is 23.9. The number of para-hydroxylation sites is 1. The molecule has 1 atom stereocenters. The maximum atomic E-state index is 13.4. The van der Waals surface area contributed by atoms with Crippen molar-refractivity contribution in [1.82, 2.24) is 0 Å². The third-order valence-corrected chi connectivity index (χ3v) is 6.39. The van der Waals surface area contributed by atoms with E-state index in [1.54, 1.807) is 19.1 Å². The summed E-state index contributed by atoms with van der Waals surface area (Å²) >= 11 is 6.30. The molecule has 0 amide bonds. The number of Topliss-reactive ketones (excluding diaryl/α,β-unsaturated/α-hetero) is 1. The maximum absolute atomic E-state index is 13.4. The number of allylic oxidation sites excluding steroid dienone is 2. The zero-order valence-electron chi connectivity index (χ0n) is 19.5. The highest BCUT2D eigenvalue weighted by molar-refractivity contribution is 6.31. The molecule has 0 fully saturated rings. The molecular formula is C27H28ClNO5. The number of esters is 1. The second-order valence-electron chi connectivity index (χ2n) is 9.23. The lowest BCUT2D eigenvalue weighted by molar-refractivity contribution is -0.139. The molecule has 0 aromatic heterocycles. The topological polar surface area (TPSA) is 87.9 Å². The molecule has 1 aliphatic carbocycles. The van der Waals surface area contributed by atoms with Gasteiger partial charge in [-0.1, -0.05) is 61.8 Å². The van der Waals surface area contributed by atoms with E-state index in [0.717, 1.165) is 5.56 Å². The minimum atomic E-state index is -0.756. The first-order valence-electron chi connectivity index (χ1n) is 11.3. The predicted molar refractivity (Wildman–Crippen MR) is 129 cm³/mol. The fourth-order valence-corrected chi connectivity index (χ4v) is 4.72. The lowest BCUT2D eigenvalue weighted by atomic mass is 9.70. The van der Waals surface area contributed by atoms with E-state index >= 15 is 0 Å². The van der Waals surface area contributed by atoms with Crippen LogP contribution in [0.4, 0.5) is 0 Å². The van der Waals surface area contributed by atoms with Crippen LogP contribution in [0.25, 0.3) is 0 Å². The van der Waals surface area contributed by atoms with Gasteiger partial charge in [-0.05, 0) is 24.5 Å². The van der Waals surface area contributed by atoms with Gasteiger partial charge in [-0.25, -0.2) is 4.79 Å². The van der Waals surface area contributed by atoms with Crippen LogP contribution >= 0.6 is 11.6 Å². The van der Waals surface area contributed by atoms with Gasteiger partial charge in [-0.3, -0.25) is 4.79 Å². The van der Waals surface area contributed by atoms with E-state index in [-0.39, 0.29) is 35.9 Å². The molecule has 2 aromatic carbocycles. The minimum absolute atomic E-state index is 0.0476. The van der Waals surface area contributed by atoms with Gasteiger partial charge in [0.05, 0.1) is 12.5 Å². The van der Waals surface area contributed by atoms with E-state index in [9.17, 15) is 9.59 Å². The summed E-state index contributed by atoms with van der Waals surface area (Å²) in [7, 11) is 0. The number of ketones is 1. The number of hydrogen-bond donors (Lipinski definition) is 1. The fraction of sp³-hybridized carbons (Fsp3) is 0.333. The number of carbonyl (C=O) groups excluding carboxylic acids is 2. The van der Waals surface area contributed by atoms with E-state index in [0.29, 0.717) is 40.5 Å².